The molecule has 0 aliphatic carbocycles. The van der Waals surface area contributed by atoms with Crippen LogP contribution < -0.4 is 9.47 Å². The fourth-order valence-corrected chi connectivity index (χ4v) is 7.22. The van der Waals surface area contributed by atoms with Gasteiger partial charge in [0.2, 0.25) is 0 Å². The summed E-state index contributed by atoms with van der Waals surface area (Å²) in [6.07, 6.45) is 20.6. The number of Topliss-reactive ketones (excluding diaryl/α,β-unsaturated/α-hetero) is 1. The number of rotatable bonds is 24. The van der Waals surface area contributed by atoms with Crippen molar-refractivity contribution in [2.24, 2.45) is 17.8 Å². The lowest BCUT2D eigenvalue weighted by Crippen LogP contribution is -2.50. The van der Waals surface area contributed by atoms with Crippen LogP contribution in [0.2, 0.25) is 0 Å². The third-order valence-electron chi connectivity index (χ3n) is 11.6. The molecule has 1 heterocycles. The van der Waals surface area contributed by atoms with Gasteiger partial charge in [0.25, 0.3) is 0 Å². The van der Waals surface area contributed by atoms with Crippen molar-refractivity contribution in [2.75, 3.05) is 46.6 Å². The van der Waals surface area contributed by atoms with Crippen LogP contribution in [0.1, 0.15) is 162 Å². The lowest BCUT2D eigenvalue weighted by Gasteiger charge is -2.38. The number of hydrogen-bond donors (Lipinski definition) is 1. The highest BCUT2D eigenvalue weighted by Crippen LogP contribution is 2.45. The molecule has 2 rings (SSSR count). The topological polar surface area (TPSA) is 77.5 Å². The van der Waals surface area contributed by atoms with Crippen molar-refractivity contribution >= 4 is 5.78 Å². The number of ether oxygens (including phenoxy) is 4. The van der Waals surface area contributed by atoms with Gasteiger partial charge in [-0.15, -0.1) is 0 Å². The average Bonchev–Trinajstić information content (AvgIpc) is 3.10. The smallest absolute Gasteiger partial charge is 0.149 e. The number of terminal acetylenes is 1. The van der Waals surface area contributed by atoms with E-state index in [4.69, 9.17) is 24.1 Å². The van der Waals surface area contributed by atoms with E-state index in [0.717, 1.165) is 68.1 Å². The molecule has 0 saturated heterocycles. The normalized spacial score (nSPS) is 17.3. The van der Waals surface area contributed by atoms with Gasteiger partial charge in [-0.2, -0.15) is 0 Å². The number of likely N-dealkylation sites (N-methyl/N-ethyl adjacent to an activating group) is 1. The van der Waals surface area contributed by atoms with Crippen LogP contribution in [0.5, 0.6) is 11.5 Å². The van der Waals surface area contributed by atoms with Gasteiger partial charge in [-0.3, -0.25) is 9.69 Å². The van der Waals surface area contributed by atoms with E-state index in [2.05, 4.69) is 73.6 Å². The van der Waals surface area contributed by atoms with Gasteiger partial charge in [-0.05, 0) is 129 Å². The SMILES string of the molecule is C#CO.CCOCCOCCN(C)C(C)(CC)C(C)=O.CCOc1c(C)c(C)c2c(c1C)CCC(C)(CCCC(C)CCCC(C)CCCC(C)C)O2. The molecule has 0 saturated carbocycles. The molecule has 1 aromatic carbocycles. The second-order valence-electron chi connectivity index (χ2n) is 16.4. The first-order valence-electron chi connectivity index (χ1n) is 20.9. The second kappa shape index (κ2) is 27.3. The lowest BCUT2D eigenvalue weighted by atomic mass is 9.83. The fourth-order valence-electron chi connectivity index (χ4n) is 7.22. The van der Waals surface area contributed by atoms with E-state index in [1.807, 2.05) is 27.8 Å². The van der Waals surface area contributed by atoms with Crippen LogP contribution in [0, 0.1) is 51.1 Å². The molecular formula is C46H83NO6. The molecule has 7 nitrogen and oxygen atoms in total. The van der Waals surface area contributed by atoms with Crippen molar-refractivity contribution in [1.82, 2.24) is 4.90 Å². The Bertz CT molecular complexity index is 1190. The molecule has 4 unspecified atom stereocenters. The summed E-state index contributed by atoms with van der Waals surface area (Å²) in [6, 6.07) is 0. The predicted octanol–water partition coefficient (Wildman–Crippen LogP) is 11.2. The van der Waals surface area contributed by atoms with Gasteiger partial charge in [-0.25, -0.2) is 0 Å². The molecule has 0 fully saturated rings. The highest BCUT2D eigenvalue weighted by atomic mass is 16.5. The van der Waals surface area contributed by atoms with E-state index >= 15 is 0 Å². The number of aliphatic hydroxyl groups excluding tert-OH is 1. The largest absolute Gasteiger partial charge is 0.493 e. The molecule has 7 heteroatoms. The van der Waals surface area contributed by atoms with E-state index in [-0.39, 0.29) is 16.9 Å². The molecule has 0 amide bonds. The van der Waals surface area contributed by atoms with Gasteiger partial charge in [0.15, 0.2) is 0 Å². The summed E-state index contributed by atoms with van der Waals surface area (Å²) in [4.78, 5) is 13.7. The number of hydrogen-bond acceptors (Lipinski definition) is 7. The number of benzene rings is 1. The number of aliphatic hydroxyl groups is 1. The first kappa shape index (κ1) is 50.7. The molecule has 1 aliphatic heterocycles. The van der Waals surface area contributed by atoms with Crippen LogP contribution in [0.4, 0.5) is 0 Å². The Kier molecular flexibility index (Phi) is 26.2. The van der Waals surface area contributed by atoms with Crippen molar-refractivity contribution in [3.05, 3.63) is 22.3 Å². The third-order valence-corrected chi connectivity index (χ3v) is 11.6. The van der Waals surface area contributed by atoms with Crippen molar-refractivity contribution < 1.29 is 28.8 Å². The summed E-state index contributed by atoms with van der Waals surface area (Å²) in [6.45, 7) is 32.3. The molecule has 0 spiro atoms. The van der Waals surface area contributed by atoms with E-state index in [9.17, 15) is 4.79 Å². The fraction of sp³-hybridized carbons (Fsp3) is 0.804. The zero-order chi connectivity index (χ0) is 40.6. The van der Waals surface area contributed by atoms with Crippen molar-refractivity contribution in [3.8, 4) is 24.0 Å². The Morgan fingerprint density at radius 3 is 1.96 bits per heavy atom. The van der Waals surface area contributed by atoms with E-state index in [1.54, 1.807) is 6.92 Å². The number of carbonyl (C=O) groups is 1. The highest BCUT2D eigenvalue weighted by molar-refractivity contribution is 5.85. The summed E-state index contributed by atoms with van der Waals surface area (Å²) >= 11 is 0. The van der Waals surface area contributed by atoms with Crippen LogP contribution in [0.25, 0.3) is 0 Å². The number of nitrogens with zero attached hydrogens (tertiary/aromatic N) is 1. The van der Waals surface area contributed by atoms with Gasteiger partial charge in [-0.1, -0.05) is 86.0 Å². The molecule has 0 radical (unpaired) electrons. The quantitative estimate of drug-likeness (QED) is 0.0834. The van der Waals surface area contributed by atoms with Crippen molar-refractivity contribution in [2.45, 2.75) is 178 Å². The lowest BCUT2D eigenvalue weighted by molar-refractivity contribution is -0.128. The van der Waals surface area contributed by atoms with Crippen LogP contribution in [0.3, 0.4) is 0 Å². The first-order valence-corrected chi connectivity index (χ1v) is 20.9. The minimum Gasteiger partial charge on any atom is -0.493 e. The number of ketones is 1. The molecule has 4 atom stereocenters. The Morgan fingerprint density at radius 1 is 0.906 bits per heavy atom. The molecule has 1 aromatic rings. The first-order chi connectivity index (χ1) is 25.0. The van der Waals surface area contributed by atoms with E-state index in [1.165, 1.54) is 79.7 Å². The molecule has 53 heavy (non-hydrogen) atoms. The van der Waals surface area contributed by atoms with E-state index < -0.39 is 0 Å². The Balaban J connectivity index is 0.00000114. The zero-order valence-electron chi connectivity index (χ0n) is 37.0. The number of fused-ring (bicyclic) bond motifs is 1. The minimum absolute atomic E-state index is 0.0333. The Labute approximate surface area is 327 Å². The highest BCUT2D eigenvalue weighted by Gasteiger charge is 2.35. The van der Waals surface area contributed by atoms with Crippen molar-refractivity contribution in [3.63, 3.8) is 0 Å². The van der Waals surface area contributed by atoms with Crippen LogP contribution in [-0.4, -0.2) is 73.6 Å². The minimum atomic E-state index is -0.372. The summed E-state index contributed by atoms with van der Waals surface area (Å²) in [5.41, 5.74) is 4.75. The maximum atomic E-state index is 11.6. The maximum Gasteiger partial charge on any atom is 0.149 e. The van der Waals surface area contributed by atoms with Crippen LogP contribution in [-0.2, 0) is 20.7 Å². The summed E-state index contributed by atoms with van der Waals surface area (Å²) < 4.78 is 23.3. The van der Waals surface area contributed by atoms with Crippen molar-refractivity contribution in [1.29, 1.82) is 0 Å². The van der Waals surface area contributed by atoms with Crippen LogP contribution >= 0.6 is 0 Å². The number of carbonyl (C=O) groups excluding carboxylic acids is 1. The second-order valence-corrected chi connectivity index (χ2v) is 16.4. The molecule has 308 valence electrons. The summed E-state index contributed by atoms with van der Waals surface area (Å²) in [5.74, 6) is 4.99. The summed E-state index contributed by atoms with van der Waals surface area (Å²) in [5, 5.41) is 7.10. The maximum absolute atomic E-state index is 11.6. The zero-order valence-corrected chi connectivity index (χ0v) is 37.0. The summed E-state index contributed by atoms with van der Waals surface area (Å²) in [7, 11) is 1.97. The van der Waals surface area contributed by atoms with Gasteiger partial charge in [0.05, 0.1) is 32.0 Å². The van der Waals surface area contributed by atoms with Gasteiger partial charge in [0.1, 0.15) is 29.0 Å². The molecule has 1 N–H and O–H groups in total. The third kappa shape index (κ3) is 18.8. The predicted molar refractivity (Wildman–Crippen MR) is 224 cm³/mol. The molecule has 1 aliphatic rings. The Morgan fingerprint density at radius 2 is 1.45 bits per heavy atom. The monoisotopic (exact) mass is 746 g/mol. The standard InChI is InChI=1S/C31H54O2.C13H27NO3.C2H2O/c1-10-32-29-25(6)26(7)30-28(27(29)8)19-21-31(9,33-30)20-13-18-24(5)17-12-16-23(4)15-11-14-22(2)3;1-6-13(4,12(3)15)14(5)8-9-17-11-10-16-7-2;1-2-3/h22-24H,10-21H2,1-9H3;6-11H2,1-5H3;1,3H. The molecule has 0 bridgehead atoms. The van der Waals surface area contributed by atoms with Crippen LogP contribution in [0.15, 0.2) is 0 Å². The van der Waals surface area contributed by atoms with E-state index in [0.29, 0.717) is 26.4 Å². The Hall–Kier alpha value is -2.27. The average molecular weight is 746 g/mol. The van der Waals surface area contributed by atoms with Gasteiger partial charge < -0.3 is 24.1 Å². The van der Waals surface area contributed by atoms with Gasteiger partial charge >= 0.3 is 0 Å². The molecular weight excluding hydrogens is 663 g/mol. The molecule has 0 aromatic heterocycles. The van der Waals surface area contributed by atoms with Gasteiger partial charge in [0, 0.05) is 18.7 Å².